The highest BCUT2D eigenvalue weighted by Crippen LogP contribution is 2.27. The summed E-state index contributed by atoms with van der Waals surface area (Å²) < 4.78 is 5.32. The molecule has 4 nitrogen and oxygen atoms in total. The number of carbonyl (C=O) groups is 1. The zero-order valence-corrected chi connectivity index (χ0v) is 14.3. The summed E-state index contributed by atoms with van der Waals surface area (Å²) in [7, 11) is 0. The van der Waals surface area contributed by atoms with Crippen LogP contribution in [0.4, 0.5) is 0 Å². The minimum absolute atomic E-state index is 0.144. The van der Waals surface area contributed by atoms with Crippen molar-refractivity contribution in [1.29, 1.82) is 0 Å². The van der Waals surface area contributed by atoms with Crippen LogP contribution in [0.3, 0.4) is 0 Å². The van der Waals surface area contributed by atoms with Crippen molar-refractivity contribution in [3.8, 4) is 0 Å². The lowest BCUT2D eigenvalue weighted by atomic mass is 10.0. The third kappa shape index (κ3) is 3.42. The van der Waals surface area contributed by atoms with Gasteiger partial charge >= 0.3 is 0 Å². The van der Waals surface area contributed by atoms with Gasteiger partial charge in [0.15, 0.2) is 0 Å². The number of carbonyl (C=O) groups excluding carboxylic acids is 1. The van der Waals surface area contributed by atoms with Gasteiger partial charge in [-0.1, -0.05) is 12.1 Å². The first-order valence-corrected chi connectivity index (χ1v) is 8.48. The van der Waals surface area contributed by atoms with Crippen molar-refractivity contribution < 1.29 is 9.53 Å². The second kappa shape index (κ2) is 6.75. The molecule has 0 bridgehead atoms. The Bertz CT molecular complexity index is 712. The smallest absolute Gasteiger partial charge is 0.220 e. The minimum atomic E-state index is 0.144. The maximum absolute atomic E-state index is 12.0. The lowest BCUT2D eigenvalue weighted by Gasteiger charge is -2.09. The molecule has 1 aliphatic rings. The molecular formula is C19H26N2O2. The van der Waals surface area contributed by atoms with Gasteiger partial charge in [-0.25, -0.2) is 0 Å². The number of aromatic nitrogens is 1. The highest BCUT2D eigenvalue weighted by Gasteiger charge is 2.19. The predicted molar refractivity (Wildman–Crippen MR) is 92.8 cm³/mol. The largest absolute Gasteiger partial charge is 0.381 e. The van der Waals surface area contributed by atoms with E-state index < -0.39 is 0 Å². The Morgan fingerprint density at radius 2 is 2.17 bits per heavy atom. The van der Waals surface area contributed by atoms with E-state index in [1.54, 1.807) is 0 Å². The van der Waals surface area contributed by atoms with Crippen LogP contribution in [-0.4, -0.2) is 30.6 Å². The first kappa shape index (κ1) is 16.1. The molecule has 1 aromatic heterocycles. The third-order valence-electron chi connectivity index (χ3n) is 5.02. The van der Waals surface area contributed by atoms with Crippen molar-refractivity contribution >= 4 is 16.8 Å². The normalized spacial score (nSPS) is 17.8. The quantitative estimate of drug-likeness (QED) is 0.890. The fraction of sp³-hybridized carbons (Fsp3) is 0.526. The van der Waals surface area contributed by atoms with Crippen molar-refractivity contribution in [3.05, 3.63) is 34.5 Å². The van der Waals surface area contributed by atoms with Gasteiger partial charge in [-0.15, -0.1) is 0 Å². The van der Waals surface area contributed by atoms with E-state index in [1.165, 1.54) is 33.3 Å². The highest BCUT2D eigenvalue weighted by molar-refractivity contribution is 5.88. The van der Waals surface area contributed by atoms with E-state index in [-0.39, 0.29) is 5.91 Å². The fourth-order valence-electron chi connectivity index (χ4n) is 3.42. The zero-order valence-electron chi connectivity index (χ0n) is 14.3. The molecule has 1 aromatic carbocycles. The summed E-state index contributed by atoms with van der Waals surface area (Å²) in [6.45, 7) is 8.62. The van der Waals surface area contributed by atoms with E-state index in [0.717, 1.165) is 26.1 Å². The van der Waals surface area contributed by atoms with Gasteiger partial charge in [-0.2, -0.15) is 0 Å². The number of benzene rings is 1. The Morgan fingerprint density at radius 3 is 2.91 bits per heavy atom. The Balaban J connectivity index is 1.62. The number of aryl methyl sites for hydroxylation is 3. The third-order valence-corrected chi connectivity index (χ3v) is 5.02. The zero-order chi connectivity index (χ0) is 16.4. The summed E-state index contributed by atoms with van der Waals surface area (Å²) in [6.07, 6.45) is 2.46. The molecule has 3 rings (SSSR count). The van der Waals surface area contributed by atoms with Crippen molar-refractivity contribution in [1.82, 2.24) is 10.3 Å². The maximum atomic E-state index is 12.0. The van der Waals surface area contributed by atoms with Gasteiger partial charge in [0.2, 0.25) is 5.91 Å². The van der Waals surface area contributed by atoms with Crippen LogP contribution < -0.4 is 5.32 Å². The molecule has 1 saturated heterocycles. The summed E-state index contributed by atoms with van der Waals surface area (Å²) in [5.41, 5.74) is 6.35. The SMILES string of the molecule is Cc1ccc2c(CCNC(=O)C[C@@H]3CCOC3)c(C)[nH]c2c1C. The lowest BCUT2D eigenvalue weighted by molar-refractivity contribution is -0.122. The molecule has 1 amide bonds. The molecular weight excluding hydrogens is 288 g/mol. The molecule has 4 heteroatoms. The van der Waals surface area contributed by atoms with Gasteiger partial charge in [0.25, 0.3) is 0 Å². The number of H-pyrrole nitrogens is 1. The number of hydrogen-bond acceptors (Lipinski definition) is 2. The monoisotopic (exact) mass is 314 g/mol. The van der Waals surface area contributed by atoms with Gasteiger partial charge in [0.1, 0.15) is 0 Å². The van der Waals surface area contributed by atoms with Crippen LogP contribution in [0, 0.1) is 26.7 Å². The van der Waals surface area contributed by atoms with Crippen LogP contribution >= 0.6 is 0 Å². The molecule has 0 radical (unpaired) electrons. The van der Waals surface area contributed by atoms with Crippen LogP contribution in [0.5, 0.6) is 0 Å². The van der Waals surface area contributed by atoms with Crippen molar-refractivity contribution in [2.24, 2.45) is 5.92 Å². The minimum Gasteiger partial charge on any atom is -0.381 e. The van der Waals surface area contributed by atoms with Crippen molar-refractivity contribution in [2.75, 3.05) is 19.8 Å². The second-order valence-corrected chi connectivity index (χ2v) is 6.69. The first-order chi connectivity index (χ1) is 11.1. The van der Waals surface area contributed by atoms with Crippen molar-refractivity contribution in [3.63, 3.8) is 0 Å². The lowest BCUT2D eigenvalue weighted by Crippen LogP contribution is -2.27. The number of aromatic amines is 1. The van der Waals surface area contributed by atoms with Crippen LogP contribution in [0.15, 0.2) is 12.1 Å². The first-order valence-electron chi connectivity index (χ1n) is 8.48. The molecule has 1 aliphatic heterocycles. The Morgan fingerprint density at radius 1 is 1.35 bits per heavy atom. The summed E-state index contributed by atoms with van der Waals surface area (Å²) in [5, 5.41) is 4.34. The van der Waals surface area contributed by atoms with E-state index >= 15 is 0 Å². The molecule has 1 fully saturated rings. The summed E-state index contributed by atoms with van der Waals surface area (Å²) in [5.74, 6) is 0.542. The number of rotatable bonds is 5. The predicted octanol–water partition coefficient (Wildman–Crippen LogP) is 3.18. The highest BCUT2D eigenvalue weighted by atomic mass is 16.5. The van der Waals surface area contributed by atoms with Gasteiger partial charge < -0.3 is 15.0 Å². The topological polar surface area (TPSA) is 54.1 Å². The molecule has 2 N–H and O–H groups in total. The number of hydrogen-bond donors (Lipinski definition) is 2. The summed E-state index contributed by atoms with van der Waals surface area (Å²) in [4.78, 5) is 15.5. The van der Waals surface area contributed by atoms with Gasteiger partial charge in [0, 0.05) is 42.8 Å². The fourth-order valence-corrected chi connectivity index (χ4v) is 3.42. The molecule has 0 unspecified atom stereocenters. The Hall–Kier alpha value is -1.81. The molecule has 23 heavy (non-hydrogen) atoms. The van der Waals surface area contributed by atoms with Crippen molar-refractivity contribution in [2.45, 2.75) is 40.0 Å². The van der Waals surface area contributed by atoms with Crippen LogP contribution in [0.2, 0.25) is 0 Å². The molecule has 124 valence electrons. The average Bonchev–Trinajstić information content (AvgIpc) is 3.12. The molecule has 1 atom stereocenters. The van der Waals surface area contributed by atoms with Gasteiger partial charge in [0.05, 0.1) is 0 Å². The van der Waals surface area contributed by atoms with E-state index in [2.05, 4.69) is 43.2 Å². The Kier molecular flexibility index (Phi) is 4.71. The van der Waals surface area contributed by atoms with E-state index in [9.17, 15) is 4.79 Å². The molecule has 0 aliphatic carbocycles. The molecule has 2 heterocycles. The van der Waals surface area contributed by atoms with E-state index in [4.69, 9.17) is 4.74 Å². The number of ether oxygens (including phenoxy) is 1. The average molecular weight is 314 g/mol. The van der Waals surface area contributed by atoms with Crippen LogP contribution in [0.25, 0.3) is 10.9 Å². The number of amides is 1. The summed E-state index contributed by atoms with van der Waals surface area (Å²) in [6, 6.07) is 4.36. The maximum Gasteiger partial charge on any atom is 0.220 e. The standard InChI is InChI=1S/C19H26N2O2/c1-12-4-5-17-16(14(3)21-19(17)13(12)2)6-8-20-18(22)10-15-7-9-23-11-15/h4-5,15,21H,6-11H2,1-3H3,(H,20,22)/t15-/m0/s1. The van der Waals surface area contributed by atoms with E-state index in [1.807, 2.05) is 0 Å². The van der Waals surface area contributed by atoms with Gasteiger partial charge in [-0.05, 0) is 56.2 Å². The second-order valence-electron chi connectivity index (χ2n) is 6.69. The Labute approximate surface area is 137 Å². The van der Waals surface area contributed by atoms with Crippen LogP contribution in [-0.2, 0) is 16.0 Å². The molecule has 2 aromatic rings. The van der Waals surface area contributed by atoms with Crippen LogP contribution in [0.1, 0.15) is 35.2 Å². The molecule has 0 spiro atoms. The van der Waals surface area contributed by atoms with Gasteiger partial charge in [-0.3, -0.25) is 4.79 Å². The molecule has 0 saturated carbocycles. The summed E-state index contributed by atoms with van der Waals surface area (Å²) >= 11 is 0. The number of fused-ring (bicyclic) bond motifs is 1. The number of nitrogens with one attached hydrogen (secondary N) is 2. The van der Waals surface area contributed by atoms with E-state index in [0.29, 0.717) is 18.9 Å².